The van der Waals surface area contributed by atoms with Crippen molar-refractivity contribution in [2.45, 2.75) is 65.2 Å². The minimum atomic E-state index is 0. The molecule has 0 nitrogen and oxygen atoms in total. The zero-order chi connectivity index (χ0) is 29.4. The molecule has 0 unspecified atom stereocenters. The van der Waals surface area contributed by atoms with Crippen LogP contribution in [0.2, 0.25) is 0 Å². The first-order valence-electron chi connectivity index (χ1n) is 13.7. The van der Waals surface area contributed by atoms with Gasteiger partial charge >= 0.3 is 28.4 Å². The Hall–Kier alpha value is -2.31. The van der Waals surface area contributed by atoms with Crippen LogP contribution in [0, 0.1) is 24.3 Å². The van der Waals surface area contributed by atoms with E-state index in [9.17, 15) is 0 Å². The molecule has 4 aromatic carbocycles. The average molecular weight is 675 g/mol. The molecule has 0 aromatic heterocycles. The molecule has 0 radical (unpaired) electrons. The molecule has 0 amide bonds. The van der Waals surface area contributed by atoms with Crippen LogP contribution in [0.3, 0.4) is 0 Å². The topological polar surface area (TPSA) is 0 Å². The minimum absolute atomic E-state index is 0. The van der Waals surface area contributed by atoms with Gasteiger partial charge in [-0.3, -0.25) is 6.08 Å². The number of allylic oxidation sites excluding steroid dienone is 4. The third-order valence-corrected chi connectivity index (χ3v) is 6.26. The van der Waals surface area contributed by atoms with E-state index in [1.54, 1.807) is 0 Å². The first-order valence-corrected chi connectivity index (χ1v) is 15.5. The van der Waals surface area contributed by atoms with Crippen LogP contribution >= 0.6 is 24.8 Å². The number of halogens is 2. The van der Waals surface area contributed by atoms with Crippen molar-refractivity contribution in [2.24, 2.45) is 0 Å². The Balaban J connectivity index is 0.000000651. The van der Waals surface area contributed by atoms with E-state index >= 15 is 0 Å². The SMILES string of the molecule is CC(C)(C)c1[c-]c2c(cc1)-c1ccc(C(C)(C)C)cc1C2.Cl.Cl.[C-]1=CC=CC1.[CH2]=[Zr].[c-]1ccccc1.[c-]1ccccc1. The van der Waals surface area contributed by atoms with E-state index < -0.39 is 0 Å². The quantitative estimate of drug-likeness (QED) is 0.143. The van der Waals surface area contributed by atoms with Gasteiger partial charge in [0.15, 0.2) is 0 Å². The van der Waals surface area contributed by atoms with Crippen molar-refractivity contribution < 1.29 is 24.2 Å². The second-order valence-electron chi connectivity index (χ2n) is 11.5. The molecule has 0 heterocycles. The maximum Gasteiger partial charge on any atom is -0.171 e. The van der Waals surface area contributed by atoms with Gasteiger partial charge in [-0.1, -0.05) is 65.3 Å². The fourth-order valence-electron chi connectivity index (χ4n) is 4.05. The van der Waals surface area contributed by atoms with Crippen LogP contribution in [0.25, 0.3) is 11.1 Å². The zero-order valence-electron chi connectivity index (χ0n) is 25.8. The summed E-state index contributed by atoms with van der Waals surface area (Å²) in [4.78, 5) is 0. The van der Waals surface area contributed by atoms with Crippen molar-refractivity contribution in [1.29, 1.82) is 0 Å². The molecular weight excluding hydrogens is 631 g/mol. The Bertz CT molecular complexity index is 1170. The van der Waals surface area contributed by atoms with E-state index in [0.29, 0.717) is 0 Å². The number of rotatable bonds is 0. The van der Waals surface area contributed by atoms with Gasteiger partial charge in [0.1, 0.15) is 0 Å². The minimum Gasteiger partial charge on any atom is -0.184 e. The molecule has 0 bridgehead atoms. The maximum atomic E-state index is 3.67. The summed E-state index contributed by atoms with van der Waals surface area (Å²) in [5.74, 6) is 0. The Kier molecular flexibility index (Phi) is 19.4. The molecule has 0 spiro atoms. The number of benzene rings is 4. The van der Waals surface area contributed by atoms with Crippen LogP contribution in [-0.4, -0.2) is 4.21 Å². The van der Waals surface area contributed by atoms with Gasteiger partial charge in [0.25, 0.3) is 0 Å². The summed E-state index contributed by atoms with van der Waals surface area (Å²) in [5, 5.41) is 0. The molecule has 0 saturated heterocycles. The summed E-state index contributed by atoms with van der Waals surface area (Å²) >= 11 is 1.30. The molecule has 0 atom stereocenters. The van der Waals surface area contributed by atoms with E-state index in [0.717, 1.165) is 12.8 Å². The molecule has 2 aliphatic rings. The van der Waals surface area contributed by atoms with Gasteiger partial charge in [0.2, 0.25) is 0 Å². The Morgan fingerprint density at radius 1 is 0.690 bits per heavy atom. The Morgan fingerprint density at radius 3 is 1.60 bits per heavy atom. The van der Waals surface area contributed by atoms with Gasteiger partial charge in [-0.2, -0.15) is 103 Å². The van der Waals surface area contributed by atoms with Gasteiger partial charge < -0.3 is 0 Å². The normalized spacial score (nSPS) is 11.5. The van der Waals surface area contributed by atoms with Crippen molar-refractivity contribution in [1.82, 2.24) is 0 Å². The largest absolute Gasteiger partial charge is 0.184 e. The first kappa shape index (κ1) is 39.7. The number of fused-ring (bicyclic) bond motifs is 3. The van der Waals surface area contributed by atoms with E-state index in [1.165, 1.54) is 57.6 Å². The molecule has 0 N–H and O–H groups in total. The van der Waals surface area contributed by atoms with Crippen LogP contribution in [0.4, 0.5) is 0 Å². The summed E-state index contributed by atoms with van der Waals surface area (Å²) in [6.07, 6.45) is 11.0. The third kappa shape index (κ3) is 13.8. The molecule has 0 fully saturated rings. The first-order chi connectivity index (χ1) is 19.2. The summed E-state index contributed by atoms with van der Waals surface area (Å²) in [7, 11) is 0. The van der Waals surface area contributed by atoms with Crippen molar-refractivity contribution in [3.8, 4) is 11.1 Å². The molecule has 4 aromatic rings. The molecular formula is C39H44Cl2Zr-4. The Morgan fingerprint density at radius 2 is 1.24 bits per heavy atom. The van der Waals surface area contributed by atoms with Crippen LogP contribution in [0.15, 0.2) is 109 Å². The summed E-state index contributed by atoms with van der Waals surface area (Å²) in [6.45, 7) is 13.6. The summed E-state index contributed by atoms with van der Waals surface area (Å²) in [6, 6.07) is 40.2. The van der Waals surface area contributed by atoms with Crippen molar-refractivity contribution in [2.75, 3.05) is 0 Å². The molecule has 0 saturated carbocycles. The maximum absolute atomic E-state index is 3.67. The van der Waals surface area contributed by atoms with Gasteiger partial charge in [-0.15, -0.1) is 42.4 Å². The van der Waals surface area contributed by atoms with E-state index in [2.05, 4.69) is 106 Å². The third-order valence-electron chi connectivity index (χ3n) is 6.26. The predicted molar refractivity (Wildman–Crippen MR) is 185 cm³/mol. The molecule has 2 aliphatic carbocycles. The van der Waals surface area contributed by atoms with Gasteiger partial charge in [-0.05, 0) is 28.4 Å². The molecule has 0 aliphatic heterocycles. The van der Waals surface area contributed by atoms with Crippen LogP contribution < -0.4 is 0 Å². The predicted octanol–water partition coefficient (Wildman–Crippen LogP) is 10.7. The second-order valence-corrected chi connectivity index (χ2v) is 11.5. The summed E-state index contributed by atoms with van der Waals surface area (Å²) in [5.41, 5.74) is 8.70. The van der Waals surface area contributed by atoms with Crippen molar-refractivity contribution in [3.05, 3.63) is 156 Å². The fraction of sp³-hybridized carbons (Fsp3) is 0.256. The van der Waals surface area contributed by atoms with Crippen LogP contribution in [0.5, 0.6) is 0 Å². The van der Waals surface area contributed by atoms with E-state index in [-0.39, 0.29) is 35.6 Å². The average Bonchev–Trinajstić information content (AvgIpc) is 3.67. The molecule has 42 heavy (non-hydrogen) atoms. The van der Waals surface area contributed by atoms with E-state index in [1.807, 2.05) is 72.8 Å². The van der Waals surface area contributed by atoms with Crippen molar-refractivity contribution in [3.63, 3.8) is 0 Å². The summed E-state index contributed by atoms with van der Waals surface area (Å²) < 4.78 is 3.34. The Labute approximate surface area is 283 Å². The standard InChI is InChI=1S/C21H25.2C6H5.C5H5.CH2.2ClH.Zr/c1-20(2,3)16-7-9-18-14(12-16)11-15-13-17(21(4,5)6)8-10-19(15)18;2*1-2-4-6-5-3-1;1-2-4-5-3-1;;;;/h7-10,12H,11H2,1-6H3;2*1-5H;1-3H,4H2;1H2;2*1H;/q4*-1;;;;. The monoisotopic (exact) mass is 672 g/mol. The van der Waals surface area contributed by atoms with Gasteiger partial charge in [0.05, 0.1) is 0 Å². The molecule has 6 rings (SSSR count). The van der Waals surface area contributed by atoms with Crippen LogP contribution in [0.1, 0.15) is 70.2 Å². The second kappa shape index (κ2) is 20.6. The number of hydrogen-bond acceptors (Lipinski definition) is 0. The van der Waals surface area contributed by atoms with E-state index in [4.69, 9.17) is 0 Å². The molecule has 222 valence electrons. The fourth-order valence-corrected chi connectivity index (χ4v) is 4.05. The molecule has 3 heteroatoms. The van der Waals surface area contributed by atoms with Crippen LogP contribution in [-0.2, 0) is 41.5 Å². The van der Waals surface area contributed by atoms with Crippen molar-refractivity contribution >= 4 is 29.0 Å². The smallest absolute Gasteiger partial charge is 0.171 e. The van der Waals surface area contributed by atoms with Gasteiger partial charge in [-0.25, -0.2) is 12.2 Å². The van der Waals surface area contributed by atoms with Gasteiger partial charge in [0, 0.05) is 0 Å². The number of hydrogen-bond donors (Lipinski definition) is 0. The zero-order valence-corrected chi connectivity index (χ0v) is 29.9.